The van der Waals surface area contributed by atoms with Crippen LogP contribution in [0.5, 0.6) is 0 Å². The first-order chi connectivity index (χ1) is 10.1. The first-order valence-corrected chi connectivity index (χ1v) is 6.72. The molecular weight excluding hydrogens is 270 g/mol. The third-order valence-electron chi connectivity index (χ3n) is 3.43. The van der Waals surface area contributed by atoms with Crippen molar-refractivity contribution >= 4 is 17.0 Å². The van der Waals surface area contributed by atoms with Crippen LogP contribution in [0.3, 0.4) is 0 Å². The SMILES string of the molecule is CCc1cnc(Cn2c(C)nc3cc(C(=O)O)ccc32)o1. The van der Waals surface area contributed by atoms with Gasteiger partial charge in [0.05, 0.1) is 22.8 Å². The molecule has 0 unspecified atom stereocenters. The maximum Gasteiger partial charge on any atom is 0.335 e. The number of nitrogens with zero attached hydrogens (tertiary/aromatic N) is 3. The number of rotatable bonds is 4. The standard InChI is InChI=1S/C15H15N3O3/c1-3-11-7-16-14(21-11)8-18-9(2)17-12-6-10(15(19)20)4-5-13(12)18/h4-7H,3,8H2,1-2H3,(H,19,20). The zero-order valence-corrected chi connectivity index (χ0v) is 11.8. The van der Waals surface area contributed by atoms with Crippen molar-refractivity contribution < 1.29 is 14.3 Å². The third kappa shape index (κ3) is 2.40. The molecule has 0 aliphatic rings. The highest BCUT2D eigenvalue weighted by Crippen LogP contribution is 2.19. The zero-order valence-electron chi connectivity index (χ0n) is 11.8. The quantitative estimate of drug-likeness (QED) is 0.797. The molecule has 21 heavy (non-hydrogen) atoms. The average Bonchev–Trinajstić information content (AvgIpc) is 3.04. The number of aryl methyl sites for hydroxylation is 2. The summed E-state index contributed by atoms with van der Waals surface area (Å²) in [7, 11) is 0. The molecule has 0 radical (unpaired) electrons. The minimum Gasteiger partial charge on any atom is -0.478 e. The number of hydrogen-bond acceptors (Lipinski definition) is 4. The molecule has 2 heterocycles. The van der Waals surface area contributed by atoms with Crippen LogP contribution in [-0.4, -0.2) is 25.6 Å². The Labute approximate surface area is 121 Å². The van der Waals surface area contributed by atoms with Gasteiger partial charge in [0.1, 0.15) is 18.1 Å². The lowest BCUT2D eigenvalue weighted by atomic mass is 10.2. The molecule has 108 valence electrons. The fourth-order valence-corrected chi connectivity index (χ4v) is 2.30. The Balaban J connectivity index is 2.01. The molecular formula is C15H15N3O3. The van der Waals surface area contributed by atoms with Gasteiger partial charge in [-0.15, -0.1) is 0 Å². The summed E-state index contributed by atoms with van der Waals surface area (Å²) in [4.78, 5) is 19.7. The largest absolute Gasteiger partial charge is 0.478 e. The molecule has 0 saturated carbocycles. The van der Waals surface area contributed by atoms with Gasteiger partial charge in [-0.05, 0) is 25.1 Å². The third-order valence-corrected chi connectivity index (χ3v) is 3.43. The Morgan fingerprint density at radius 1 is 1.43 bits per heavy atom. The van der Waals surface area contributed by atoms with E-state index in [-0.39, 0.29) is 5.56 Å². The zero-order chi connectivity index (χ0) is 15.0. The van der Waals surface area contributed by atoms with Gasteiger partial charge in [-0.25, -0.2) is 14.8 Å². The number of fused-ring (bicyclic) bond motifs is 1. The lowest BCUT2D eigenvalue weighted by Crippen LogP contribution is -2.02. The Bertz CT molecular complexity index is 817. The molecule has 0 saturated heterocycles. The predicted octanol–water partition coefficient (Wildman–Crippen LogP) is 2.64. The number of carboxylic acid groups (broad SMARTS) is 1. The fraction of sp³-hybridized carbons (Fsp3) is 0.267. The summed E-state index contributed by atoms with van der Waals surface area (Å²) in [5.41, 5.74) is 1.76. The molecule has 3 rings (SSSR count). The second-order valence-electron chi connectivity index (χ2n) is 4.83. The fourth-order valence-electron chi connectivity index (χ4n) is 2.30. The van der Waals surface area contributed by atoms with Crippen LogP contribution in [-0.2, 0) is 13.0 Å². The van der Waals surface area contributed by atoms with Crippen molar-refractivity contribution in [3.63, 3.8) is 0 Å². The topological polar surface area (TPSA) is 81.2 Å². The number of oxazole rings is 1. The molecule has 1 aromatic carbocycles. The first-order valence-electron chi connectivity index (χ1n) is 6.72. The monoisotopic (exact) mass is 285 g/mol. The van der Waals surface area contributed by atoms with Gasteiger partial charge in [-0.2, -0.15) is 0 Å². The van der Waals surface area contributed by atoms with Crippen molar-refractivity contribution in [2.75, 3.05) is 0 Å². The second-order valence-corrected chi connectivity index (χ2v) is 4.83. The van der Waals surface area contributed by atoms with Gasteiger partial charge in [0.2, 0.25) is 5.89 Å². The molecule has 1 N–H and O–H groups in total. The lowest BCUT2D eigenvalue weighted by molar-refractivity contribution is 0.0697. The number of hydrogen-bond donors (Lipinski definition) is 1. The summed E-state index contributed by atoms with van der Waals surface area (Å²) in [6.07, 6.45) is 2.53. The minimum atomic E-state index is -0.954. The number of carboxylic acids is 1. The van der Waals surface area contributed by atoms with E-state index < -0.39 is 5.97 Å². The first kappa shape index (κ1) is 13.4. The minimum absolute atomic E-state index is 0.233. The van der Waals surface area contributed by atoms with E-state index >= 15 is 0 Å². The molecule has 2 aromatic heterocycles. The maximum absolute atomic E-state index is 11.0. The average molecular weight is 285 g/mol. The summed E-state index contributed by atoms with van der Waals surface area (Å²) >= 11 is 0. The van der Waals surface area contributed by atoms with Crippen molar-refractivity contribution in [2.45, 2.75) is 26.8 Å². The van der Waals surface area contributed by atoms with Crippen LogP contribution in [0.1, 0.15) is 34.8 Å². The number of carbonyl (C=O) groups is 1. The number of aromatic carboxylic acids is 1. The molecule has 6 nitrogen and oxygen atoms in total. The van der Waals surface area contributed by atoms with Crippen molar-refractivity contribution in [3.05, 3.63) is 47.4 Å². The van der Waals surface area contributed by atoms with Gasteiger partial charge in [0.15, 0.2) is 0 Å². The van der Waals surface area contributed by atoms with Crippen molar-refractivity contribution in [3.8, 4) is 0 Å². The highest BCUT2D eigenvalue weighted by molar-refractivity contribution is 5.92. The van der Waals surface area contributed by atoms with Crippen LogP contribution in [0.25, 0.3) is 11.0 Å². The van der Waals surface area contributed by atoms with Gasteiger partial charge in [0, 0.05) is 6.42 Å². The normalized spacial score (nSPS) is 11.1. The molecule has 0 atom stereocenters. The van der Waals surface area contributed by atoms with E-state index in [1.807, 2.05) is 18.4 Å². The highest BCUT2D eigenvalue weighted by atomic mass is 16.4. The van der Waals surface area contributed by atoms with Crippen LogP contribution in [0.15, 0.2) is 28.8 Å². The molecule has 0 aliphatic carbocycles. The maximum atomic E-state index is 11.0. The summed E-state index contributed by atoms with van der Waals surface area (Å²) < 4.78 is 7.58. The number of benzene rings is 1. The van der Waals surface area contributed by atoms with E-state index in [9.17, 15) is 4.79 Å². The Hall–Kier alpha value is -2.63. The van der Waals surface area contributed by atoms with Gasteiger partial charge in [0.25, 0.3) is 0 Å². The van der Waals surface area contributed by atoms with Crippen LogP contribution in [0, 0.1) is 6.92 Å². The molecule has 0 fully saturated rings. The van der Waals surface area contributed by atoms with Crippen LogP contribution in [0.2, 0.25) is 0 Å². The lowest BCUT2D eigenvalue weighted by Gasteiger charge is -2.03. The smallest absolute Gasteiger partial charge is 0.335 e. The van der Waals surface area contributed by atoms with Crippen LogP contribution in [0.4, 0.5) is 0 Å². The van der Waals surface area contributed by atoms with Gasteiger partial charge in [-0.1, -0.05) is 6.92 Å². The molecule has 0 aliphatic heterocycles. The van der Waals surface area contributed by atoms with E-state index in [1.165, 1.54) is 0 Å². The van der Waals surface area contributed by atoms with Crippen LogP contribution < -0.4 is 0 Å². The Kier molecular flexibility index (Phi) is 3.21. The molecule has 3 aromatic rings. The summed E-state index contributed by atoms with van der Waals surface area (Å²) in [6.45, 7) is 4.37. The van der Waals surface area contributed by atoms with E-state index in [2.05, 4.69) is 9.97 Å². The molecule has 0 bridgehead atoms. The number of imidazole rings is 1. The van der Waals surface area contributed by atoms with E-state index in [0.717, 1.165) is 23.5 Å². The number of aromatic nitrogens is 3. The second kappa shape index (κ2) is 5.05. The Morgan fingerprint density at radius 2 is 2.24 bits per heavy atom. The Morgan fingerprint density at radius 3 is 2.90 bits per heavy atom. The highest BCUT2D eigenvalue weighted by Gasteiger charge is 2.13. The summed E-state index contributed by atoms with van der Waals surface area (Å²) in [6, 6.07) is 4.92. The van der Waals surface area contributed by atoms with Crippen molar-refractivity contribution in [1.82, 2.24) is 14.5 Å². The van der Waals surface area contributed by atoms with Crippen molar-refractivity contribution in [1.29, 1.82) is 0 Å². The van der Waals surface area contributed by atoms with Gasteiger partial charge in [-0.3, -0.25) is 0 Å². The van der Waals surface area contributed by atoms with Gasteiger partial charge >= 0.3 is 5.97 Å². The summed E-state index contributed by atoms with van der Waals surface area (Å²) in [5, 5.41) is 9.03. The van der Waals surface area contributed by atoms with Gasteiger partial charge < -0.3 is 14.1 Å². The molecule has 6 heteroatoms. The molecule has 0 spiro atoms. The molecule has 0 amide bonds. The summed E-state index contributed by atoms with van der Waals surface area (Å²) in [5.74, 6) is 1.31. The van der Waals surface area contributed by atoms with E-state index in [4.69, 9.17) is 9.52 Å². The van der Waals surface area contributed by atoms with Crippen molar-refractivity contribution in [2.24, 2.45) is 0 Å². The van der Waals surface area contributed by atoms with E-state index in [1.54, 1.807) is 24.4 Å². The van der Waals surface area contributed by atoms with E-state index in [0.29, 0.717) is 18.0 Å². The van der Waals surface area contributed by atoms with Crippen LogP contribution >= 0.6 is 0 Å². The predicted molar refractivity (Wildman–Crippen MR) is 76.4 cm³/mol.